The first kappa shape index (κ1) is 17.9. The van der Waals surface area contributed by atoms with Crippen LogP contribution in [0.25, 0.3) is 0 Å². The molecule has 1 fully saturated rings. The summed E-state index contributed by atoms with van der Waals surface area (Å²) >= 11 is 1.73. The maximum absolute atomic E-state index is 12.9. The van der Waals surface area contributed by atoms with Crippen LogP contribution in [0.2, 0.25) is 0 Å². The van der Waals surface area contributed by atoms with E-state index in [1.165, 1.54) is 10.5 Å². The number of imidazole rings is 1. The summed E-state index contributed by atoms with van der Waals surface area (Å²) in [5.41, 5.74) is 2.18. The molecule has 1 heterocycles. The normalized spacial score (nSPS) is 15.0. The van der Waals surface area contributed by atoms with Crippen molar-refractivity contribution in [3.63, 3.8) is 0 Å². The van der Waals surface area contributed by atoms with Gasteiger partial charge in [-0.1, -0.05) is 19.1 Å². The monoisotopic (exact) mass is 358 g/mol. The molecule has 0 spiro atoms. The Kier molecular flexibility index (Phi) is 5.68. The number of amides is 2. The number of hydrogen-bond donors (Lipinski definition) is 2. The van der Waals surface area contributed by atoms with Gasteiger partial charge in [0.25, 0.3) is 0 Å². The van der Waals surface area contributed by atoms with E-state index in [9.17, 15) is 4.79 Å². The second-order valence-corrected chi connectivity index (χ2v) is 7.45. The fraction of sp³-hybridized carbons (Fsp3) is 0.474. The topological polar surface area (TPSA) is 61.0 Å². The molecule has 1 unspecified atom stereocenters. The van der Waals surface area contributed by atoms with Gasteiger partial charge in [-0.15, -0.1) is 11.8 Å². The first-order chi connectivity index (χ1) is 12.1. The molecule has 3 rings (SSSR count). The van der Waals surface area contributed by atoms with Crippen LogP contribution in [0.1, 0.15) is 49.3 Å². The van der Waals surface area contributed by atoms with Gasteiger partial charge in [-0.3, -0.25) is 0 Å². The van der Waals surface area contributed by atoms with Crippen molar-refractivity contribution < 1.29 is 4.79 Å². The maximum atomic E-state index is 12.9. The van der Waals surface area contributed by atoms with Gasteiger partial charge in [0, 0.05) is 29.4 Å². The highest BCUT2D eigenvalue weighted by Gasteiger charge is 2.33. The molecule has 1 aromatic heterocycles. The van der Waals surface area contributed by atoms with Crippen LogP contribution in [0.15, 0.2) is 35.4 Å². The minimum atomic E-state index is -0.0821. The summed E-state index contributed by atoms with van der Waals surface area (Å²) in [6, 6.07) is 8.73. The number of benzene rings is 1. The molecule has 2 N–H and O–H groups in total. The van der Waals surface area contributed by atoms with Crippen LogP contribution in [0.3, 0.4) is 0 Å². The van der Waals surface area contributed by atoms with Crippen LogP contribution < -0.4 is 5.32 Å². The van der Waals surface area contributed by atoms with Crippen LogP contribution in [-0.4, -0.2) is 33.2 Å². The van der Waals surface area contributed by atoms with E-state index in [0.717, 1.165) is 30.8 Å². The fourth-order valence-corrected chi connectivity index (χ4v) is 3.29. The molecule has 5 nitrogen and oxygen atoms in total. The Morgan fingerprint density at radius 3 is 2.64 bits per heavy atom. The van der Waals surface area contributed by atoms with Crippen molar-refractivity contribution in [2.75, 3.05) is 6.26 Å². The SMILES string of the molecule is CCC(NC(=O)N(Cc1ccc(SC)cc1)C1CC1)c1ncc(C)[nH]1. The zero-order valence-corrected chi connectivity index (χ0v) is 15.9. The van der Waals surface area contributed by atoms with Gasteiger partial charge >= 0.3 is 6.03 Å². The second kappa shape index (κ2) is 7.95. The van der Waals surface area contributed by atoms with Gasteiger partial charge in [-0.2, -0.15) is 0 Å². The number of aromatic amines is 1. The molecular formula is C19H26N4OS. The average molecular weight is 359 g/mol. The number of aryl methyl sites for hydroxylation is 1. The number of hydrogen-bond acceptors (Lipinski definition) is 3. The third-order valence-electron chi connectivity index (χ3n) is 4.52. The van der Waals surface area contributed by atoms with Crippen molar-refractivity contribution in [3.8, 4) is 0 Å². The largest absolute Gasteiger partial charge is 0.344 e. The zero-order chi connectivity index (χ0) is 17.8. The molecule has 1 atom stereocenters. The fourth-order valence-electron chi connectivity index (χ4n) is 2.89. The number of thioether (sulfide) groups is 1. The number of aromatic nitrogens is 2. The third-order valence-corrected chi connectivity index (χ3v) is 5.26. The Balaban J connectivity index is 1.67. The van der Waals surface area contributed by atoms with Crippen molar-refractivity contribution in [2.24, 2.45) is 0 Å². The lowest BCUT2D eigenvalue weighted by atomic mass is 10.2. The Labute approximate surface area is 153 Å². The number of carbonyl (C=O) groups excluding carboxylic acids is 1. The quantitative estimate of drug-likeness (QED) is 0.727. The number of carbonyl (C=O) groups is 1. The summed E-state index contributed by atoms with van der Waals surface area (Å²) in [6.45, 7) is 4.68. The Morgan fingerprint density at radius 1 is 1.40 bits per heavy atom. The molecule has 6 heteroatoms. The highest BCUT2D eigenvalue weighted by Crippen LogP contribution is 2.29. The predicted octanol–water partition coefficient (Wildman–Crippen LogP) is 4.27. The van der Waals surface area contributed by atoms with E-state index < -0.39 is 0 Å². The Morgan fingerprint density at radius 2 is 2.12 bits per heavy atom. The first-order valence-corrected chi connectivity index (χ1v) is 10.0. The first-order valence-electron chi connectivity index (χ1n) is 8.82. The summed E-state index contributed by atoms with van der Waals surface area (Å²) < 4.78 is 0. The van der Waals surface area contributed by atoms with Gasteiger partial charge in [0.05, 0.1) is 6.04 Å². The molecular weight excluding hydrogens is 332 g/mol. The minimum Gasteiger partial charge on any atom is -0.344 e. The molecule has 0 bridgehead atoms. The van der Waals surface area contributed by atoms with Crippen LogP contribution in [0.5, 0.6) is 0 Å². The molecule has 0 saturated heterocycles. The summed E-state index contributed by atoms with van der Waals surface area (Å²) in [4.78, 5) is 23.7. The number of rotatable bonds is 7. The van der Waals surface area contributed by atoms with Gasteiger partial charge < -0.3 is 15.2 Å². The van der Waals surface area contributed by atoms with Crippen LogP contribution in [0.4, 0.5) is 4.79 Å². The molecule has 0 aliphatic heterocycles. The standard InChI is InChI=1S/C19H26N4OS/c1-4-17(18-20-11-13(2)21-18)22-19(24)23(15-7-8-15)12-14-5-9-16(25-3)10-6-14/h5-6,9-11,15,17H,4,7-8,12H2,1-3H3,(H,20,21)(H,22,24). The number of nitrogens with one attached hydrogen (secondary N) is 2. The highest BCUT2D eigenvalue weighted by atomic mass is 32.2. The van der Waals surface area contributed by atoms with Gasteiger partial charge in [0.2, 0.25) is 0 Å². The number of nitrogens with zero attached hydrogens (tertiary/aromatic N) is 2. The highest BCUT2D eigenvalue weighted by molar-refractivity contribution is 7.98. The van der Waals surface area contributed by atoms with Gasteiger partial charge in [0.1, 0.15) is 5.82 Å². The van der Waals surface area contributed by atoms with Crippen LogP contribution >= 0.6 is 11.8 Å². The van der Waals surface area contributed by atoms with Crippen molar-refractivity contribution in [1.29, 1.82) is 0 Å². The molecule has 2 amide bonds. The maximum Gasteiger partial charge on any atom is 0.318 e. The second-order valence-electron chi connectivity index (χ2n) is 6.57. The van der Waals surface area contributed by atoms with E-state index in [0.29, 0.717) is 12.6 Å². The lowest BCUT2D eigenvalue weighted by Gasteiger charge is -2.25. The Bertz CT molecular complexity index is 708. The van der Waals surface area contributed by atoms with E-state index >= 15 is 0 Å². The van der Waals surface area contributed by atoms with Gasteiger partial charge in [-0.25, -0.2) is 9.78 Å². The molecule has 1 saturated carbocycles. The van der Waals surface area contributed by atoms with Gasteiger partial charge in [0.15, 0.2) is 0 Å². The summed E-state index contributed by atoms with van der Waals surface area (Å²) in [6.07, 6.45) is 6.86. The van der Waals surface area contributed by atoms with E-state index in [2.05, 4.69) is 52.7 Å². The molecule has 1 aliphatic carbocycles. The van der Waals surface area contributed by atoms with Crippen molar-refractivity contribution >= 4 is 17.8 Å². The van der Waals surface area contributed by atoms with E-state index in [-0.39, 0.29) is 12.1 Å². The lowest BCUT2D eigenvalue weighted by molar-refractivity contribution is 0.187. The number of H-pyrrole nitrogens is 1. The molecule has 1 aliphatic rings. The summed E-state index contributed by atoms with van der Waals surface area (Å²) in [5.74, 6) is 0.827. The summed E-state index contributed by atoms with van der Waals surface area (Å²) in [5, 5.41) is 3.15. The molecule has 2 aromatic rings. The smallest absolute Gasteiger partial charge is 0.318 e. The number of urea groups is 1. The minimum absolute atomic E-state index is 0.00246. The van der Waals surface area contributed by atoms with Crippen molar-refractivity contribution in [3.05, 3.63) is 47.5 Å². The van der Waals surface area contributed by atoms with E-state index in [1.54, 1.807) is 18.0 Å². The van der Waals surface area contributed by atoms with E-state index in [1.807, 2.05) is 11.8 Å². The average Bonchev–Trinajstić information content (AvgIpc) is 3.38. The van der Waals surface area contributed by atoms with Crippen molar-refractivity contribution in [2.45, 2.75) is 56.6 Å². The third kappa shape index (κ3) is 4.57. The predicted molar refractivity (Wildman–Crippen MR) is 102 cm³/mol. The zero-order valence-electron chi connectivity index (χ0n) is 15.1. The van der Waals surface area contributed by atoms with Crippen LogP contribution in [0, 0.1) is 6.92 Å². The Hall–Kier alpha value is -1.95. The van der Waals surface area contributed by atoms with E-state index in [4.69, 9.17) is 0 Å². The van der Waals surface area contributed by atoms with Crippen molar-refractivity contribution in [1.82, 2.24) is 20.2 Å². The molecule has 134 valence electrons. The molecule has 1 aromatic carbocycles. The molecule has 0 radical (unpaired) electrons. The molecule has 25 heavy (non-hydrogen) atoms. The van der Waals surface area contributed by atoms with Gasteiger partial charge in [-0.05, 0) is 50.1 Å². The lowest BCUT2D eigenvalue weighted by Crippen LogP contribution is -2.42. The van der Waals surface area contributed by atoms with Crippen LogP contribution in [-0.2, 0) is 6.54 Å². The summed E-state index contributed by atoms with van der Waals surface area (Å²) in [7, 11) is 0.